The van der Waals surface area contributed by atoms with Crippen LogP contribution in [0.15, 0.2) is 10.6 Å². The van der Waals surface area contributed by atoms with Gasteiger partial charge in [0.1, 0.15) is 0 Å². The first-order valence-electron chi connectivity index (χ1n) is 5.59. The van der Waals surface area contributed by atoms with Crippen molar-refractivity contribution >= 4 is 11.8 Å². The second kappa shape index (κ2) is 4.25. The van der Waals surface area contributed by atoms with Gasteiger partial charge < -0.3 is 10.3 Å². The maximum atomic E-state index is 11.7. The summed E-state index contributed by atoms with van der Waals surface area (Å²) in [5, 5.41) is 6.36. The quantitative estimate of drug-likeness (QED) is 0.815. The van der Waals surface area contributed by atoms with Gasteiger partial charge in [0.2, 0.25) is 11.8 Å². The number of carbonyl (C=O) groups is 1. The minimum atomic E-state index is -0.320. The normalized spacial score (nSPS) is 18.6. The largest absolute Gasteiger partial charge is 0.338 e. The average Bonchev–Trinajstić information content (AvgIpc) is 2.75. The van der Waals surface area contributed by atoms with Gasteiger partial charge in [-0.25, -0.2) is 0 Å². The van der Waals surface area contributed by atoms with Crippen molar-refractivity contribution in [1.29, 1.82) is 0 Å². The van der Waals surface area contributed by atoms with Crippen molar-refractivity contribution in [3.8, 4) is 0 Å². The van der Waals surface area contributed by atoms with E-state index in [1.54, 1.807) is 13.0 Å². The van der Waals surface area contributed by atoms with Gasteiger partial charge >= 0.3 is 0 Å². The van der Waals surface area contributed by atoms with Gasteiger partial charge in [-0.1, -0.05) is 18.0 Å². The van der Waals surface area contributed by atoms with Crippen molar-refractivity contribution in [2.75, 3.05) is 5.32 Å². The number of carbonyl (C=O) groups excluding carboxylic acids is 1. The minimum Gasteiger partial charge on any atom is -0.338 e. The molecule has 0 aromatic carbocycles. The number of hydrogen-bond acceptors (Lipinski definition) is 4. The SMILES string of the molecule is Cc1cc(NC(=O)CC2(N)CCCC2)on1. The average molecular weight is 223 g/mol. The van der Waals surface area contributed by atoms with E-state index in [2.05, 4.69) is 10.5 Å². The van der Waals surface area contributed by atoms with Crippen LogP contribution in [0.5, 0.6) is 0 Å². The molecule has 0 radical (unpaired) electrons. The molecule has 5 heteroatoms. The Bertz CT molecular complexity index is 380. The van der Waals surface area contributed by atoms with E-state index in [9.17, 15) is 4.79 Å². The molecule has 88 valence electrons. The van der Waals surface area contributed by atoms with Crippen molar-refractivity contribution in [2.45, 2.75) is 44.6 Å². The van der Waals surface area contributed by atoms with Crippen molar-refractivity contribution in [2.24, 2.45) is 5.73 Å². The van der Waals surface area contributed by atoms with Crippen LogP contribution in [0, 0.1) is 6.92 Å². The molecule has 0 bridgehead atoms. The monoisotopic (exact) mass is 223 g/mol. The molecule has 16 heavy (non-hydrogen) atoms. The maximum absolute atomic E-state index is 11.7. The Hall–Kier alpha value is -1.36. The van der Waals surface area contributed by atoms with Crippen LogP contribution in [0.1, 0.15) is 37.8 Å². The number of nitrogens with two attached hydrogens (primary N) is 1. The molecule has 0 unspecified atom stereocenters. The summed E-state index contributed by atoms with van der Waals surface area (Å²) in [6.07, 6.45) is 4.44. The van der Waals surface area contributed by atoms with E-state index in [0.29, 0.717) is 12.3 Å². The smallest absolute Gasteiger partial charge is 0.231 e. The summed E-state index contributed by atoms with van der Waals surface area (Å²) in [6.45, 7) is 1.81. The van der Waals surface area contributed by atoms with Gasteiger partial charge in [0.15, 0.2) is 0 Å². The molecule has 0 spiro atoms. The van der Waals surface area contributed by atoms with E-state index in [-0.39, 0.29) is 11.4 Å². The predicted octanol–water partition coefficient (Wildman–Crippen LogP) is 1.58. The third-order valence-corrected chi connectivity index (χ3v) is 3.00. The van der Waals surface area contributed by atoms with Gasteiger partial charge in [0, 0.05) is 18.0 Å². The molecular weight excluding hydrogens is 206 g/mol. The highest BCUT2D eigenvalue weighted by molar-refractivity contribution is 5.90. The third-order valence-electron chi connectivity index (χ3n) is 3.00. The Morgan fingerprint density at radius 2 is 2.31 bits per heavy atom. The highest BCUT2D eigenvalue weighted by Crippen LogP contribution is 2.30. The number of rotatable bonds is 3. The van der Waals surface area contributed by atoms with E-state index in [4.69, 9.17) is 10.3 Å². The molecule has 1 aromatic rings. The van der Waals surface area contributed by atoms with Crippen LogP contribution in [0.3, 0.4) is 0 Å². The second-order valence-electron chi connectivity index (χ2n) is 4.63. The fourth-order valence-corrected chi connectivity index (χ4v) is 2.18. The van der Waals surface area contributed by atoms with E-state index < -0.39 is 0 Å². The van der Waals surface area contributed by atoms with Crippen molar-refractivity contribution in [1.82, 2.24) is 5.16 Å². The van der Waals surface area contributed by atoms with Gasteiger partial charge in [-0.05, 0) is 19.8 Å². The summed E-state index contributed by atoms with van der Waals surface area (Å²) in [5.41, 5.74) is 6.54. The van der Waals surface area contributed by atoms with E-state index in [1.807, 2.05) is 0 Å². The molecule has 1 aliphatic rings. The highest BCUT2D eigenvalue weighted by atomic mass is 16.5. The minimum absolute atomic E-state index is 0.0967. The molecule has 0 aliphatic heterocycles. The Morgan fingerprint density at radius 1 is 1.62 bits per heavy atom. The molecule has 1 fully saturated rings. The molecule has 1 aromatic heterocycles. The van der Waals surface area contributed by atoms with E-state index in [0.717, 1.165) is 31.4 Å². The molecular formula is C11H17N3O2. The molecule has 1 amide bonds. The number of aryl methyl sites for hydroxylation is 1. The lowest BCUT2D eigenvalue weighted by molar-refractivity contribution is -0.117. The Morgan fingerprint density at radius 3 is 2.88 bits per heavy atom. The molecule has 0 atom stereocenters. The first kappa shape index (κ1) is 11.1. The van der Waals surface area contributed by atoms with E-state index in [1.165, 1.54) is 0 Å². The summed E-state index contributed by atoms with van der Waals surface area (Å²) in [5.74, 6) is 0.296. The zero-order chi connectivity index (χ0) is 11.6. The van der Waals surface area contributed by atoms with Gasteiger partial charge in [-0.2, -0.15) is 0 Å². The fourth-order valence-electron chi connectivity index (χ4n) is 2.18. The highest BCUT2D eigenvalue weighted by Gasteiger charge is 2.31. The number of aromatic nitrogens is 1. The van der Waals surface area contributed by atoms with Gasteiger partial charge in [-0.3, -0.25) is 10.1 Å². The second-order valence-corrected chi connectivity index (χ2v) is 4.63. The maximum Gasteiger partial charge on any atom is 0.231 e. The van der Waals surface area contributed by atoms with Crippen molar-refractivity contribution < 1.29 is 9.32 Å². The van der Waals surface area contributed by atoms with Crippen molar-refractivity contribution in [3.63, 3.8) is 0 Å². The Kier molecular flexibility index (Phi) is 2.96. The van der Waals surface area contributed by atoms with Crippen molar-refractivity contribution in [3.05, 3.63) is 11.8 Å². The zero-order valence-electron chi connectivity index (χ0n) is 9.45. The third kappa shape index (κ3) is 2.61. The fraction of sp³-hybridized carbons (Fsp3) is 0.636. The van der Waals surface area contributed by atoms with Crippen LogP contribution in [-0.2, 0) is 4.79 Å². The summed E-state index contributed by atoms with van der Waals surface area (Å²) >= 11 is 0. The van der Waals surface area contributed by atoms with Crippen LogP contribution in [0.25, 0.3) is 0 Å². The summed E-state index contributed by atoms with van der Waals surface area (Å²) in [4.78, 5) is 11.7. The van der Waals surface area contributed by atoms with Crippen LogP contribution < -0.4 is 11.1 Å². The van der Waals surface area contributed by atoms with E-state index >= 15 is 0 Å². The summed E-state index contributed by atoms with van der Waals surface area (Å²) < 4.78 is 4.91. The lowest BCUT2D eigenvalue weighted by Crippen LogP contribution is -2.40. The summed E-state index contributed by atoms with van der Waals surface area (Å²) in [6, 6.07) is 1.69. The van der Waals surface area contributed by atoms with Crippen LogP contribution in [0.4, 0.5) is 5.88 Å². The van der Waals surface area contributed by atoms with Crippen LogP contribution in [-0.4, -0.2) is 16.6 Å². The number of nitrogens with one attached hydrogen (secondary N) is 1. The lowest BCUT2D eigenvalue weighted by Gasteiger charge is -2.21. The topological polar surface area (TPSA) is 81.2 Å². The van der Waals surface area contributed by atoms with Crippen LogP contribution >= 0.6 is 0 Å². The molecule has 1 aliphatic carbocycles. The number of nitrogens with zero attached hydrogens (tertiary/aromatic N) is 1. The molecule has 1 heterocycles. The van der Waals surface area contributed by atoms with Crippen LogP contribution in [0.2, 0.25) is 0 Å². The first-order valence-corrected chi connectivity index (χ1v) is 5.59. The molecule has 1 saturated carbocycles. The molecule has 0 saturated heterocycles. The molecule has 2 rings (SSSR count). The molecule has 3 N–H and O–H groups in total. The Labute approximate surface area is 94.4 Å². The number of amides is 1. The molecule has 5 nitrogen and oxygen atoms in total. The van der Waals surface area contributed by atoms with Gasteiger partial charge in [0.05, 0.1) is 5.69 Å². The lowest BCUT2D eigenvalue weighted by atomic mass is 9.94. The zero-order valence-corrected chi connectivity index (χ0v) is 9.45. The summed E-state index contributed by atoms with van der Waals surface area (Å²) in [7, 11) is 0. The van der Waals surface area contributed by atoms with Gasteiger partial charge in [0.25, 0.3) is 0 Å². The number of anilines is 1. The standard InChI is InChI=1S/C11H17N3O2/c1-8-6-10(16-14-8)13-9(15)7-11(12)4-2-3-5-11/h6H,2-5,7,12H2,1H3,(H,13,15). The van der Waals surface area contributed by atoms with Gasteiger partial charge in [-0.15, -0.1) is 0 Å². The number of hydrogen-bond donors (Lipinski definition) is 2. The Balaban J connectivity index is 1.89. The first-order chi connectivity index (χ1) is 7.57. The predicted molar refractivity (Wildman–Crippen MR) is 59.9 cm³/mol.